The Balaban J connectivity index is 0.00000337. The van der Waals surface area contributed by atoms with Gasteiger partial charge in [0.15, 0.2) is 5.82 Å². The highest BCUT2D eigenvalue weighted by Gasteiger charge is 2.31. The minimum absolute atomic E-state index is 0. The summed E-state index contributed by atoms with van der Waals surface area (Å²) < 4.78 is 7.51. The average Bonchev–Trinajstić information content (AvgIpc) is 3.40. The van der Waals surface area contributed by atoms with Crippen LogP contribution in [0.5, 0.6) is 0 Å². The van der Waals surface area contributed by atoms with Crippen LogP contribution >= 0.6 is 24.8 Å². The van der Waals surface area contributed by atoms with Gasteiger partial charge in [-0.15, -0.1) is 24.8 Å². The number of carbonyl (C=O) groups excluding carboxylic acids is 3. The number of likely N-dealkylation sites (tertiary alicyclic amines) is 1. The molecule has 44 heavy (non-hydrogen) atoms. The normalized spacial score (nSPS) is 14.9. The lowest BCUT2D eigenvalue weighted by Crippen LogP contribution is -2.56. The Hall–Kier alpha value is -3.44. The van der Waals surface area contributed by atoms with Crippen molar-refractivity contribution in [1.82, 2.24) is 19.8 Å². The number of anilines is 1. The SMILES string of the molecule is Cc1cccc(C(C(=O)N2CCC(C)CC2)n2cnc(NC(=O)[C@@H](COCc3ccccc3)NC(=O)C(C)(C)N)c2)c1.Cl.Cl. The molecule has 0 spiro atoms. The van der Waals surface area contributed by atoms with E-state index in [2.05, 4.69) is 22.5 Å². The number of ether oxygens (including phenoxy) is 1. The van der Waals surface area contributed by atoms with Crippen LogP contribution in [0.4, 0.5) is 5.82 Å². The third-order valence-electron chi connectivity index (χ3n) is 7.44. The second-order valence-corrected chi connectivity index (χ2v) is 11.8. The van der Waals surface area contributed by atoms with Crippen molar-refractivity contribution in [3.8, 4) is 0 Å². The van der Waals surface area contributed by atoms with E-state index in [1.54, 1.807) is 30.9 Å². The van der Waals surface area contributed by atoms with Gasteiger partial charge < -0.3 is 30.6 Å². The van der Waals surface area contributed by atoms with Crippen LogP contribution in [-0.4, -0.2) is 63.4 Å². The summed E-state index contributed by atoms with van der Waals surface area (Å²) in [7, 11) is 0. The standard InChI is InChI=1S/C32H42N6O4.2ClH/c1-22-13-15-37(16-14-22)30(40)28(25-12-8-9-23(2)17-25)38-18-27(34-21-38)36-29(39)26(35-31(41)32(3,4)33)20-42-19-24-10-6-5-7-11-24;;/h5-12,17-18,21-22,26,28H,13-16,19-20,33H2,1-4H3,(H,35,41)(H,36,39);2*1H/t26-,28?;;/m1../s1. The molecule has 0 bridgehead atoms. The zero-order chi connectivity index (χ0) is 30.3. The Morgan fingerprint density at radius 1 is 1.07 bits per heavy atom. The van der Waals surface area contributed by atoms with Gasteiger partial charge >= 0.3 is 0 Å². The molecular formula is C32H44Cl2N6O4. The van der Waals surface area contributed by atoms with Gasteiger partial charge in [-0.3, -0.25) is 14.4 Å². The van der Waals surface area contributed by atoms with E-state index in [9.17, 15) is 14.4 Å². The number of aryl methyl sites for hydroxylation is 1. The molecule has 2 atom stereocenters. The topological polar surface area (TPSA) is 132 Å². The first-order chi connectivity index (χ1) is 20.0. The van der Waals surface area contributed by atoms with Gasteiger partial charge in [0.2, 0.25) is 11.8 Å². The van der Waals surface area contributed by atoms with Crippen LogP contribution in [0.1, 0.15) is 56.3 Å². The largest absolute Gasteiger partial charge is 0.374 e. The number of nitrogens with zero attached hydrogens (tertiary/aromatic N) is 3. The summed E-state index contributed by atoms with van der Waals surface area (Å²) >= 11 is 0. The van der Waals surface area contributed by atoms with E-state index >= 15 is 0 Å². The predicted octanol–water partition coefficient (Wildman–Crippen LogP) is 4.26. The number of piperidine rings is 1. The molecule has 1 saturated heterocycles. The number of imidazole rings is 1. The zero-order valence-electron chi connectivity index (χ0n) is 25.7. The van der Waals surface area contributed by atoms with Crippen molar-refractivity contribution in [2.45, 2.75) is 64.8 Å². The highest BCUT2D eigenvalue weighted by molar-refractivity contribution is 5.98. The van der Waals surface area contributed by atoms with Crippen molar-refractivity contribution in [3.05, 3.63) is 83.8 Å². The second kappa shape index (κ2) is 16.6. The number of halogens is 2. The molecule has 1 unspecified atom stereocenters. The number of hydrogen-bond donors (Lipinski definition) is 3. The van der Waals surface area contributed by atoms with E-state index < -0.39 is 29.4 Å². The maximum absolute atomic E-state index is 13.8. The summed E-state index contributed by atoms with van der Waals surface area (Å²) in [5.41, 5.74) is 7.61. The summed E-state index contributed by atoms with van der Waals surface area (Å²) in [5, 5.41) is 5.47. The first-order valence-corrected chi connectivity index (χ1v) is 14.4. The fourth-order valence-corrected chi connectivity index (χ4v) is 4.84. The van der Waals surface area contributed by atoms with Crippen molar-refractivity contribution in [1.29, 1.82) is 0 Å². The first-order valence-electron chi connectivity index (χ1n) is 14.4. The van der Waals surface area contributed by atoms with Crippen LogP contribution in [0.25, 0.3) is 0 Å². The highest BCUT2D eigenvalue weighted by atomic mass is 35.5. The molecule has 4 N–H and O–H groups in total. The summed E-state index contributed by atoms with van der Waals surface area (Å²) in [6.07, 6.45) is 5.13. The van der Waals surface area contributed by atoms with Crippen molar-refractivity contribution < 1.29 is 19.1 Å². The van der Waals surface area contributed by atoms with Gasteiger partial charge in [-0.05, 0) is 50.7 Å². The zero-order valence-corrected chi connectivity index (χ0v) is 27.3. The number of hydrogen-bond acceptors (Lipinski definition) is 6. The Morgan fingerprint density at radius 2 is 1.75 bits per heavy atom. The predicted molar refractivity (Wildman–Crippen MR) is 176 cm³/mol. The number of nitrogens with two attached hydrogens (primary N) is 1. The van der Waals surface area contributed by atoms with E-state index in [4.69, 9.17) is 10.5 Å². The molecule has 2 aromatic carbocycles. The minimum atomic E-state index is -1.19. The fraction of sp³-hybridized carbons (Fsp3) is 0.438. The lowest BCUT2D eigenvalue weighted by molar-refractivity contribution is -0.135. The van der Waals surface area contributed by atoms with Crippen LogP contribution in [0.3, 0.4) is 0 Å². The molecule has 10 nitrogen and oxygen atoms in total. The molecule has 4 rings (SSSR count). The van der Waals surface area contributed by atoms with Crippen LogP contribution in [0.2, 0.25) is 0 Å². The van der Waals surface area contributed by atoms with Gasteiger partial charge in [-0.1, -0.05) is 67.1 Å². The van der Waals surface area contributed by atoms with Gasteiger partial charge in [0, 0.05) is 19.3 Å². The number of carbonyl (C=O) groups is 3. The van der Waals surface area contributed by atoms with Gasteiger partial charge in [0.05, 0.1) is 25.1 Å². The summed E-state index contributed by atoms with van der Waals surface area (Å²) in [6.45, 7) is 8.96. The molecule has 240 valence electrons. The molecule has 1 aromatic heterocycles. The number of amides is 3. The summed E-state index contributed by atoms with van der Waals surface area (Å²) in [4.78, 5) is 46.1. The Labute approximate surface area is 271 Å². The maximum Gasteiger partial charge on any atom is 0.250 e. The van der Waals surface area contributed by atoms with Crippen LogP contribution in [0, 0.1) is 12.8 Å². The van der Waals surface area contributed by atoms with Gasteiger partial charge in [0.1, 0.15) is 12.1 Å². The molecule has 0 aliphatic carbocycles. The molecule has 12 heteroatoms. The summed E-state index contributed by atoms with van der Waals surface area (Å²) in [5.74, 6) is -0.150. The van der Waals surface area contributed by atoms with E-state index in [0.29, 0.717) is 19.0 Å². The third-order valence-corrected chi connectivity index (χ3v) is 7.44. The number of nitrogens with one attached hydrogen (secondary N) is 2. The highest BCUT2D eigenvalue weighted by Crippen LogP contribution is 2.26. The molecule has 2 heterocycles. The molecule has 3 amide bonds. The third kappa shape index (κ3) is 10.1. The van der Waals surface area contributed by atoms with Crippen LogP contribution in [0.15, 0.2) is 67.1 Å². The quantitative estimate of drug-likeness (QED) is 0.285. The van der Waals surface area contributed by atoms with Crippen molar-refractivity contribution in [3.63, 3.8) is 0 Å². The monoisotopic (exact) mass is 646 g/mol. The molecule has 0 saturated carbocycles. The van der Waals surface area contributed by atoms with E-state index in [1.807, 2.05) is 66.4 Å². The Bertz CT molecular complexity index is 1370. The number of benzene rings is 2. The first kappa shape index (κ1) is 36.8. The lowest BCUT2D eigenvalue weighted by atomic mass is 9.97. The number of aromatic nitrogens is 2. The molecule has 1 aliphatic rings. The van der Waals surface area contributed by atoms with E-state index in [1.165, 1.54) is 0 Å². The average molecular weight is 648 g/mol. The van der Waals surface area contributed by atoms with Gasteiger partial charge in [-0.2, -0.15) is 0 Å². The molecular weight excluding hydrogens is 603 g/mol. The molecule has 3 aromatic rings. The summed E-state index contributed by atoms with van der Waals surface area (Å²) in [6, 6.07) is 15.8. The minimum Gasteiger partial charge on any atom is -0.374 e. The van der Waals surface area contributed by atoms with Crippen molar-refractivity contribution in [2.24, 2.45) is 11.7 Å². The fourth-order valence-electron chi connectivity index (χ4n) is 4.84. The van der Waals surface area contributed by atoms with Crippen molar-refractivity contribution >= 4 is 48.4 Å². The van der Waals surface area contributed by atoms with Crippen LogP contribution < -0.4 is 16.4 Å². The van der Waals surface area contributed by atoms with Crippen molar-refractivity contribution in [2.75, 3.05) is 25.0 Å². The van der Waals surface area contributed by atoms with Gasteiger partial charge in [0.25, 0.3) is 5.91 Å². The Kier molecular flexibility index (Phi) is 13.8. The molecule has 1 aliphatic heterocycles. The molecule has 1 fully saturated rings. The van der Waals surface area contributed by atoms with E-state index in [0.717, 1.165) is 29.5 Å². The second-order valence-electron chi connectivity index (χ2n) is 11.8. The number of rotatable bonds is 11. The lowest BCUT2D eigenvalue weighted by Gasteiger charge is -2.33. The Morgan fingerprint density at radius 3 is 2.39 bits per heavy atom. The van der Waals surface area contributed by atoms with Crippen LogP contribution in [-0.2, 0) is 25.7 Å². The molecule has 0 radical (unpaired) electrons. The van der Waals surface area contributed by atoms with E-state index in [-0.39, 0.29) is 49.8 Å². The maximum atomic E-state index is 13.8. The smallest absolute Gasteiger partial charge is 0.250 e. The van der Waals surface area contributed by atoms with Gasteiger partial charge in [-0.25, -0.2) is 4.98 Å².